The molecule has 1 aromatic heterocycles. The number of nitrogens with one attached hydrogen (secondary N) is 1. The van der Waals surface area contributed by atoms with Gasteiger partial charge in [-0.25, -0.2) is 4.39 Å². The zero-order valence-electron chi connectivity index (χ0n) is 18.2. The molecular weight excluding hydrogens is 453 g/mol. The first-order chi connectivity index (χ1) is 16.6. The number of rotatable bonds is 8. The van der Waals surface area contributed by atoms with E-state index < -0.39 is 11.1 Å². The minimum absolute atomic E-state index is 0.0144. The quantitative estimate of drug-likeness (QED) is 0.363. The Balaban J connectivity index is 1.56. The van der Waals surface area contributed by atoms with Crippen molar-refractivity contribution in [2.45, 2.75) is 23.9 Å². The number of halogens is 1. The predicted molar refractivity (Wildman–Crippen MR) is 127 cm³/mol. The van der Waals surface area contributed by atoms with Crippen molar-refractivity contribution in [1.29, 1.82) is 5.26 Å². The van der Waals surface area contributed by atoms with E-state index in [2.05, 4.69) is 21.6 Å². The zero-order chi connectivity index (χ0) is 23.9. The van der Waals surface area contributed by atoms with Crippen molar-refractivity contribution in [3.8, 4) is 17.5 Å². The van der Waals surface area contributed by atoms with Crippen LogP contribution in [-0.2, 0) is 11.4 Å². The Morgan fingerprint density at radius 1 is 1.09 bits per heavy atom. The topological polar surface area (TPSA) is 92.8 Å². The first-order valence-electron chi connectivity index (χ1n) is 10.4. The highest BCUT2D eigenvalue weighted by Crippen LogP contribution is 2.28. The number of benzene rings is 3. The summed E-state index contributed by atoms with van der Waals surface area (Å²) in [5, 5.41) is 20.5. The van der Waals surface area contributed by atoms with Gasteiger partial charge in [0.1, 0.15) is 12.7 Å². The van der Waals surface area contributed by atoms with Crippen molar-refractivity contribution in [2.24, 2.45) is 0 Å². The Kier molecular flexibility index (Phi) is 7.20. The van der Waals surface area contributed by atoms with E-state index in [4.69, 9.17) is 4.74 Å². The number of amides is 1. The molecule has 0 saturated heterocycles. The van der Waals surface area contributed by atoms with E-state index in [9.17, 15) is 14.4 Å². The lowest BCUT2D eigenvalue weighted by molar-refractivity contribution is -0.115. The van der Waals surface area contributed by atoms with Gasteiger partial charge in [0.05, 0.1) is 16.5 Å². The highest BCUT2D eigenvalue weighted by molar-refractivity contribution is 8.00. The Hall–Kier alpha value is -4.16. The third-order valence-electron chi connectivity index (χ3n) is 4.86. The molecule has 9 heteroatoms. The molecule has 4 aromatic rings. The molecule has 0 aliphatic carbocycles. The molecule has 0 spiro atoms. The predicted octanol–water partition coefficient (Wildman–Crippen LogP) is 4.98. The summed E-state index contributed by atoms with van der Waals surface area (Å²) < 4.78 is 21.4. The fourth-order valence-electron chi connectivity index (χ4n) is 3.15. The van der Waals surface area contributed by atoms with Gasteiger partial charge in [-0.15, -0.1) is 10.2 Å². The van der Waals surface area contributed by atoms with Crippen molar-refractivity contribution in [2.75, 3.05) is 5.32 Å². The van der Waals surface area contributed by atoms with Crippen LogP contribution < -0.4 is 10.1 Å². The van der Waals surface area contributed by atoms with Crippen LogP contribution in [0.2, 0.25) is 0 Å². The van der Waals surface area contributed by atoms with E-state index in [0.29, 0.717) is 22.2 Å². The van der Waals surface area contributed by atoms with Gasteiger partial charge >= 0.3 is 0 Å². The van der Waals surface area contributed by atoms with Crippen LogP contribution >= 0.6 is 11.8 Å². The second-order valence-electron chi connectivity index (χ2n) is 7.20. The van der Waals surface area contributed by atoms with E-state index in [0.717, 1.165) is 5.69 Å². The summed E-state index contributed by atoms with van der Waals surface area (Å²) in [5.74, 6) is -0.173. The van der Waals surface area contributed by atoms with Gasteiger partial charge in [-0.1, -0.05) is 54.2 Å². The number of thioether (sulfide) groups is 1. The van der Waals surface area contributed by atoms with Gasteiger partial charge in [0.15, 0.2) is 22.5 Å². The average Bonchev–Trinajstić information content (AvgIpc) is 3.26. The monoisotopic (exact) mass is 473 g/mol. The fourth-order valence-corrected chi connectivity index (χ4v) is 4.03. The van der Waals surface area contributed by atoms with E-state index in [1.807, 2.05) is 30.3 Å². The molecule has 0 aliphatic rings. The van der Waals surface area contributed by atoms with Crippen LogP contribution in [0.5, 0.6) is 5.75 Å². The third-order valence-corrected chi connectivity index (χ3v) is 5.91. The van der Waals surface area contributed by atoms with Gasteiger partial charge in [0.25, 0.3) is 0 Å². The van der Waals surface area contributed by atoms with Crippen LogP contribution in [0.4, 0.5) is 10.1 Å². The minimum Gasteiger partial charge on any atom is -0.483 e. The van der Waals surface area contributed by atoms with E-state index in [1.54, 1.807) is 54.0 Å². The SMILES string of the molecule is C[C@H](Sc1nnc(COc2ccccc2F)n1-c1ccccc1)C(=O)Nc1ccccc1C#N. The van der Waals surface area contributed by atoms with Gasteiger partial charge in [-0.05, 0) is 43.3 Å². The molecule has 0 aliphatic heterocycles. The first kappa shape index (κ1) is 23.0. The van der Waals surface area contributed by atoms with Crippen molar-refractivity contribution >= 4 is 23.4 Å². The molecule has 1 atom stereocenters. The highest BCUT2D eigenvalue weighted by atomic mass is 32.2. The van der Waals surface area contributed by atoms with Crippen LogP contribution in [0.3, 0.4) is 0 Å². The Morgan fingerprint density at radius 2 is 1.79 bits per heavy atom. The summed E-state index contributed by atoms with van der Waals surface area (Å²) in [6, 6.07) is 24.4. The second kappa shape index (κ2) is 10.6. The Bertz CT molecular complexity index is 1340. The van der Waals surface area contributed by atoms with Crippen molar-refractivity contribution in [3.05, 3.63) is 96.1 Å². The number of aromatic nitrogens is 3. The fraction of sp³-hybridized carbons (Fsp3) is 0.120. The second-order valence-corrected chi connectivity index (χ2v) is 8.50. The molecule has 0 fully saturated rings. The lowest BCUT2D eigenvalue weighted by Crippen LogP contribution is -2.23. The maximum atomic E-state index is 14.0. The molecular formula is C25H20FN5O2S. The molecule has 7 nitrogen and oxygen atoms in total. The van der Waals surface area contributed by atoms with Crippen LogP contribution in [0.1, 0.15) is 18.3 Å². The number of para-hydroxylation sites is 3. The molecule has 0 saturated carbocycles. The average molecular weight is 474 g/mol. The first-order valence-corrected chi connectivity index (χ1v) is 11.3. The number of carbonyl (C=O) groups excluding carboxylic acids is 1. The van der Waals surface area contributed by atoms with E-state index in [1.165, 1.54) is 17.8 Å². The standard InChI is InChI=1S/C25H20FN5O2S/c1-17(24(32)28-21-13-7-5-9-18(21)15-27)34-25-30-29-23(31(25)19-10-3-2-4-11-19)16-33-22-14-8-6-12-20(22)26/h2-14,17H,16H2,1H3,(H,28,32)/t17-/m0/s1. The lowest BCUT2D eigenvalue weighted by atomic mass is 10.2. The zero-order valence-corrected chi connectivity index (χ0v) is 19.0. The maximum absolute atomic E-state index is 14.0. The summed E-state index contributed by atoms with van der Waals surface area (Å²) in [6.45, 7) is 1.73. The molecule has 1 amide bonds. The summed E-state index contributed by atoms with van der Waals surface area (Å²) in [6.07, 6.45) is 0. The summed E-state index contributed by atoms with van der Waals surface area (Å²) in [5.41, 5.74) is 1.61. The maximum Gasteiger partial charge on any atom is 0.237 e. The number of anilines is 1. The molecule has 1 heterocycles. The number of carbonyl (C=O) groups is 1. The molecule has 0 bridgehead atoms. The Morgan fingerprint density at radius 3 is 2.56 bits per heavy atom. The van der Waals surface area contributed by atoms with Gasteiger partial charge in [0.2, 0.25) is 5.91 Å². The molecule has 4 rings (SSSR count). The largest absolute Gasteiger partial charge is 0.483 e. The molecule has 34 heavy (non-hydrogen) atoms. The van der Waals surface area contributed by atoms with Crippen LogP contribution in [0, 0.1) is 17.1 Å². The molecule has 170 valence electrons. The molecule has 3 aromatic carbocycles. The van der Waals surface area contributed by atoms with Crippen LogP contribution in [0.15, 0.2) is 84.0 Å². The smallest absolute Gasteiger partial charge is 0.237 e. The number of hydrogen-bond donors (Lipinski definition) is 1. The van der Waals surface area contributed by atoms with Gasteiger partial charge in [-0.2, -0.15) is 5.26 Å². The minimum atomic E-state index is -0.543. The summed E-state index contributed by atoms with van der Waals surface area (Å²) >= 11 is 1.22. The summed E-state index contributed by atoms with van der Waals surface area (Å²) in [4.78, 5) is 12.8. The number of nitrogens with zero attached hydrogens (tertiary/aromatic N) is 4. The number of ether oxygens (including phenoxy) is 1. The van der Waals surface area contributed by atoms with Gasteiger partial charge < -0.3 is 10.1 Å². The number of hydrogen-bond acceptors (Lipinski definition) is 6. The van der Waals surface area contributed by atoms with Crippen molar-refractivity contribution < 1.29 is 13.9 Å². The number of nitriles is 1. The summed E-state index contributed by atoms with van der Waals surface area (Å²) in [7, 11) is 0. The van der Waals surface area contributed by atoms with Crippen LogP contribution in [0.25, 0.3) is 5.69 Å². The van der Waals surface area contributed by atoms with Crippen molar-refractivity contribution in [3.63, 3.8) is 0 Å². The normalized spacial score (nSPS) is 11.4. The van der Waals surface area contributed by atoms with Crippen LogP contribution in [-0.4, -0.2) is 25.9 Å². The van der Waals surface area contributed by atoms with E-state index in [-0.39, 0.29) is 18.3 Å². The molecule has 0 unspecified atom stereocenters. The van der Waals surface area contributed by atoms with Crippen molar-refractivity contribution in [1.82, 2.24) is 14.8 Å². The third kappa shape index (κ3) is 5.24. The highest BCUT2D eigenvalue weighted by Gasteiger charge is 2.22. The Labute approximate surface area is 200 Å². The molecule has 1 N–H and O–H groups in total. The van der Waals surface area contributed by atoms with Gasteiger partial charge in [-0.3, -0.25) is 9.36 Å². The molecule has 0 radical (unpaired) electrons. The van der Waals surface area contributed by atoms with Gasteiger partial charge in [0, 0.05) is 5.69 Å². The lowest BCUT2D eigenvalue weighted by Gasteiger charge is -2.14. The van der Waals surface area contributed by atoms with E-state index >= 15 is 0 Å².